The van der Waals surface area contributed by atoms with E-state index in [0.717, 1.165) is 10.2 Å². The maximum atomic E-state index is 9.72. The van der Waals surface area contributed by atoms with Crippen molar-refractivity contribution in [3.05, 3.63) is 22.4 Å². The van der Waals surface area contributed by atoms with Crippen molar-refractivity contribution >= 4 is 21.6 Å². The number of fused-ring (bicyclic) bond motifs is 1. The van der Waals surface area contributed by atoms with Crippen LogP contribution in [0.3, 0.4) is 0 Å². The number of rotatable bonds is 0. The lowest BCUT2D eigenvalue weighted by atomic mass is 9.91. The third kappa shape index (κ3) is 1.29. The van der Waals surface area contributed by atoms with Crippen LogP contribution in [0.15, 0.2) is 27.5 Å². The van der Waals surface area contributed by atoms with Crippen molar-refractivity contribution < 1.29 is 5.11 Å². The summed E-state index contributed by atoms with van der Waals surface area (Å²) in [6.45, 7) is 2.05. The highest BCUT2D eigenvalue weighted by atomic mass is 79.9. The minimum absolute atomic E-state index is 0.0475. The number of aliphatic hydroxyl groups is 1. The summed E-state index contributed by atoms with van der Waals surface area (Å²) in [6.07, 6.45) is 3.68. The molecule has 2 unspecified atom stereocenters. The first-order chi connectivity index (χ1) is 6.09. The molecule has 3 nitrogen and oxygen atoms in total. The Hall–Kier alpha value is -0.770. The highest BCUT2D eigenvalue weighted by Crippen LogP contribution is 2.32. The van der Waals surface area contributed by atoms with Crippen molar-refractivity contribution in [2.75, 3.05) is 7.05 Å². The van der Waals surface area contributed by atoms with E-state index < -0.39 is 0 Å². The first-order valence-electron chi connectivity index (χ1n) is 4.18. The zero-order valence-corrected chi connectivity index (χ0v) is 9.12. The van der Waals surface area contributed by atoms with Crippen molar-refractivity contribution in [1.29, 1.82) is 0 Å². The molecule has 2 rings (SSSR count). The second kappa shape index (κ2) is 2.87. The van der Waals surface area contributed by atoms with Gasteiger partial charge in [0.1, 0.15) is 5.76 Å². The first-order valence-corrected chi connectivity index (χ1v) is 4.98. The van der Waals surface area contributed by atoms with E-state index in [1.54, 1.807) is 6.08 Å². The Kier molecular flexibility index (Phi) is 1.95. The highest BCUT2D eigenvalue weighted by molar-refractivity contribution is 9.11. The monoisotopic (exact) mass is 242 g/mol. The summed E-state index contributed by atoms with van der Waals surface area (Å²) < 4.78 is 0.877. The van der Waals surface area contributed by atoms with Crippen LogP contribution in [0.1, 0.15) is 6.92 Å². The second-order valence-corrected chi connectivity index (χ2v) is 4.33. The lowest BCUT2D eigenvalue weighted by Gasteiger charge is -2.21. The Morgan fingerprint density at radius 2 is 2.23 bits per heavy atom. The topological polar surface area (TPSA) is 35.8 Å². The van der Waals surface area contributed by atoms with Crippen molar-refractivity contribution in [3.63, 3.8) is 0 Å². The molecular weight excluding hydrogens is 232 g/mol. The van der Waals surface area contributed by atoms with Crippen LogP contribution in [0.2, 0.25) is 0 Å². The SMILES string of the molecule is CC1C2C(O)=CC(Br)=CC2=NN1C. The van der Waals surface area contributed by atoms with Crippen LogP contribution in [0.5, 0.6) is 0 Å². The summed E-state index contributed by atoms with van der Waals surface area (Å²) in [7, 11) is 1.92. The van der Waals surface area contributed by atoms with Gasteiger partial charge in [0.25, 0.3) is 0 Å². The van der Waals surface area contributed by atoms with Crippen molar-refractivity contribution in [2.24, 2.45) is 11.0 Å². The molecule has 0 bridgehead atoms. The average molecular weight is 243 g/mol. The maximum absolute atomic E-state index is 9.72. The number of nitrogens with zero attached hydrogens (tertiary/aromatic N) is 2. The average Bonchev–Trinajstić information content (AvgIpc) is 2.27. The molecule has 0 aromatic heterocycles. The fraction of sp³-hybridized carbons (Fsp3) is 0.444. The van der Waals surface area contributed by atoms with E-state index in [4.69, 9.17) is 0 Å². The van der Waals surface area contributed by atoms with Crippen molar-refractivity contribution in [2.45, 2.75) is 13.0 Å². The lowest BCUT2D eigenvalue weighted by molar-refractivity contribution is 0.242. The quantitative estimate of drug-likeness (QED) is 0.706. The molecule has 0 saturated heterocycles. The van der Waals surface area contributed by atoms with Gasteiger partial charge >= 0.3 is 0 Å². The van der Waals surface area contributed by atoms with Crippen molar-refractivity contribution in [1.82, 2.24) is 5.01 Å². The van der Waals surface area contributed by atoms with E-state index in [2.05, 4.69) is 28.0 Å². The molecule has 70 valence electrons. The van der Waals surface area contributed by atoms with Gasteiger partial charge < -0.3 is 5.11 Å². The van der Waals surface area contributed by atoms with Gasteiger partial charge in [-0.15, -0.1) is 0 Å². The molecule has 0 amide bonds. The summed E-state index contributed by atoms with van der Waals surface area (Å²) in [4.78, 5) is 0. The fourth-order valence-electron chi connectivity index (χ4n) is 1.73. The molecule has 0 spiro atoms. The molecule has 0 fully saturated rings. The van der Waals surface area contributed by atoms with Crippen LogP contribution in [0, 0.1) is 5.92 Å². The minimum atomic E-state index is 0.0475. The van der Waals surface area contributed by atoms with E-state index in [-0.39, 0.29) is 12.0 Å². The standard InChI is InChI=1S/C9H11BrN2O/c1-5-9-7(11-12(5)2)3-6(10)4-8(9)13/h3-5,9,13H,1-2H3. The first kappa shape index (κ1) is 8.81. The number of aliphatic hydroxyl groups excluding tert-OH is 1. The molecule has 1 N–H and O–H groups in total. The third-order valence-electron chi connectivity index (χ3n) is 2.55. The van der Waals surface area contributed by atoms with Gasteiger partial charge in [-0.1, -0.05) is 15.9 Å². The van der Waals surface area contributed by atoms with E-state index in [1.807, 2.05) is 18.1 Å². The molecule has 0 radical (unpaired) electrons. The zero-order valence-electron chi connectivity index (χ0n) is 7.53. The molecule has 1 aliphatic carbocycles. The normalized spacial score (nSPS) is 32.2. The summed E-state index contributed by atoms with van der Waals surface area (Å²) >= 11 is 3.33. The van der Waals surface area contributed by atoms with E-state index in [9.17, 15) is 5.11 Å². The van der Waals surface area contributed by atoms with Gasteiger partial charge in [0, 0.05) is 11.5 Å². The Balaban J connectivity index is 2.41. The second-order valence-electron chi connectivity index (χ2n) is 3.42. The molecule has 13 heavy (non-hydrogen) atoms. The number of hydrogen-bond acceptors (Lipinski definition) is 3. The molecule has 4 heteroatoms. The zero-order chi connectivity index (χ0) is 9.59. The Labute approximate surface area is 85.6 Å². The molecule has 0 aromatic rings. The summed E-state index contributed by atoms with van der Waals surface area (Å²) in [5, 5.41) is 15.9. The van der Waals surface area contributed by atoms with E-state index in [1.165, 1.54) is 0 Å². The van der Waals surface area contributed by atoms with E-state index in [0.29, 0.717) is 5.76 Å². The molecule has 2 aliphatic rings. The van der Waals surface area contributed by atoms with Crippen LogP contribution in [0.25, 0.3) is 0 Å². The predicted molar refractivity (Wildman–Crippen MR) is 55.9 cm³/mol. The number of hydrogen-bond donors (Lipinski definition) is 1. The molecule has 0 saturated carbocycles. The fourth-order valence-corrected chi connectivity index (χ4v) is 2.20. The predicted octanol–water partition coefficient (Wildman–Crippen LogP) is 2.03. The molecule has 2 atom stereocenters. The minimum Gasteiger partial charge on any atom is -0.511 e. The van der Waals surface area contributed by atoms with Crippen LogP contribution >= 0.6 is 15.9 Å². The van der Waals surface area contributed by atoms with Gasteiger partial charge in [0.05, 0.1) is 17.7 Å². The molecular formula is C9H11BrN2O. The maximum Gasteiger partial charge on any atom is 0.105 e. The van der Waals surface area contributed by atoms with E-state index >= 15 is 0 Å². The van der Waals surface area contributed by atoms with Gasteiger partial charge in [-0.05, 0) is 19.1 Å². The molecule has 1 aliphatic heterocycles. The Bertz CT molecular complexity index is 333. The highest BCUT2D eigenvalue weighted by Gasteiger charge is 2.35. The van der Waals surface area contributed by atoms with Gasteiger partial charge in [-0.25, -0.2) is 0 Å². The molecule has 0 aromatic carbocycles. The van der Waals surface area contributed by atoms with Gasteiger partial charge in [-0.2, -0.15) is 5.10 Å². The Morgan fingerprint density at radius 1 is 1.54 bits per heavy atom. The Morgan fingerprint density at radius 3 is 2.92 bits per heavy atom. The molecule has 1 heterocycles. The number of hydrazone groups is 1. The van der Waals surface area contributed by atoms with Crippen molar-refractivity contribution in [3.8, 4) is 0 Å². The van der Waals surface area contributed by atoms with Crippen LogP contribution in [-0.4, -0.2) is 28.9 Å². The van der Waals surface area contributed by atoms with Crippen LogP contribution < -0.4 is 0 Å². The third-order valence-corrected chi connectivity index (χ3v) is 3.01. The van der Waals surface area contributed by atoms with Crippen LogP contribution in [-0.2, 0) is 0 Å². The van der Waals surface area contributed by atoms with Crippen LogP contribution in [0.4, 0.5) is 0 Å². The number of allylic oxidation sites excluding steroid dienone is 3. The number of halogens is 1. The summed E-state index contributed by atoms with van der Waals surface area (Å²) in [6, 6.07) is 0.239. The summed E-state index contributed by atoms with van der Waals surface area (Å²) in [5.74, 6) is 0.441. The smallest absolute Gasteiger partial charge is 0.105 e. The largest absolute Gasteiger partial charge is 0.511 e. The van der Waals surface area contributed by atoms with Gasteiger partial charge in [-0.3, -0.25) is 5.01 Å². The van der Waals surface area contributed by atoms with Gasteiger partial charge in [0.15, 0.2) is 0 Å². The summed E-state index contributed by atoms with van der Waals surface area (Å²) in [5.41, 5.74) is 0.932. The van der Waals surface area contributed by atoms with Gasteiger partial charge in [0.2, 0.25) is 0 Å². The lowest BCUT2D eigenvalue weighted by Crippen LogP contribution is -2.29.